The van der Waals surface area contributed by atoms with E-state index in [0.717, 1.165) is 67.7 Å². The Morgan fingerprint density at radius 2 is 1.60 bits per heavy atom. The number of pyridine rings is 1. The molecule has 0 saturated carbocycles. The first kappa shape index (κ1) is 44.2. The van der Waals surface area contributed by atoms with Crippen molar-refractivity contribution in [1.29, 1.82) is 5.26 Å². The molecule has 3 heterocycles. The van der Waals surface area contributed by atoms with E-state index in [9.17, 15) is 0 Å². The zero-order valence-corrected chi connectivity index (χ0v) is 40.4. The van der Waals surface area contributed by atoms with Crippen molar-refractivity contribution in [3.05, 3.63) is 168 Å². The minimum absolute atomic E-state index is 0. The number of aromatic nitrogens is 3. The third-order valence-electron chi connectivity index (χ3n) is 11.2. The van der Waals surface area contributed by atoms with E-state index in [-0.39, 0.29) is 25.5 Å². The van der Waals surface area contributed by atoms with Crippen molar-refractivity contribution in [2.45, 2.75) is 73.0 Å². The Hall–Kier alpha value is -5.90. The summed E-state index contributed by atoms with van der Waals surface area (Å²) in [6.07, 6.45) is 3.14. The number of imidazole rings is 1. The van der Waals surface area contributed by atoms with Crippen molar-refractivity contribution in [3.63, 3.8) is 0 Å². The first-order valence-corrected chi connectivity index (χ1v) is 24.6. The molecule has 1 radical (unpaired) electrons. The molecule has 0 aliphatic heterocycles. The van der Waals surface area contributed by atoms with E-state index >= 15 is 0 Å². The Labute approximate surface area is 380 Å². The summed E-state index contributed by atoms with van der Waals surface area (Å²) in [6.45, 7) is 20.5. The molecule has 0 saturated heterocycles. The molecule has 0 aliphatic rings. The number of aryl methyl sites for hydroxylation is 1. The average molecular weight is 1010 g/mol. The summed E-state index contributed by atoms with van der Waals surface area (Å²) in [5.74, 6) is 1.44. The van der Waals surface area contributed by atoms with Gasteiger partial charge in [0.1, 0.15) is 5.58 Å². The average Bonchev–Trinajstić information content (AvgIpc) is 3.81. The summed E-state index contributed by atoms with van der Waals surface area (Å²) in [6, 6.07) is 52.7. The maximum absolute atomic E-state index is 8.89. The molecule has 313 valence electrons. The van der Waals surface area contributed by atoms with Crippen molar-refractivity contribution >= 4 is 46.2 Å². The Bertz CT molecular complexity index is 3070. The van der Waals surface area contributed by atoms with Crippen molar-refractivity contribution in [3.8, 4) is 45.5 Å². The van der Waals surface area contributed by atoms with Gasteiger partial charge in [0.15, 0.2) is 0 Å². The summed E-state index contributed by atoms with van der Waals surface area (Å²) in [5.41, 5.74) is 14.4. The zero-order chi connectivity index (χ0) is 43.1. The van der Waals surface area contributed by atoms with Gasteiger partial charge in [-0.2, -0.15) is 0 Å². The van der Waals surface area contributed by atoms with Gasteiger partial charge in [0.2, 0.25) is 0 Å². The molecule has 62 heavy (non-hydrogen) atoms. The molecule has 0 fully saturated rings. The number of hydrogen-bond donors (Lipinski definition) is 0. The van der Waals surface area contributed by atoms with E-state index < -0.39 is 8.07 Å². The van der Waals surface area contributed by atoms with Crippen molar-refractivity contribution in [2.75, 3.05) is 0 Å². The minimum Gasteiger partial charge on any atom is -0.501 e. The third kappa shape index (κ3) is 9.01. The molecule has 5 nitrogen and oxygen atoms in total. The van der Waals surface area contributed by atoms with Crippen LogP contribution in [0, 0.1) is 36.3 Å². The van der Waals surface area contributed by atoms with Crippen LogP contribution in [0.15, 0.2) is 138 Å². The van der Waals surface area contributed by atoms with Crippen molar-refractivity contribution < 1.29 is 24.5 Å². The molecule has 0 atom stereocenters. The normalized spacial score (nSPS) is 11.7. The smallest absolute Gasteiger partial charge is 0.121 e. The van der Waals surface area contributed by atoms with Gasteiger partial charge in [-0.3, -0.25) is 4.98 Å². The number of para-hydroxylation sites is 2. The fraction of sp³-hybridized carbons (Fsp3) is 0.218. The van der Waals surface area contributed by atoms with Crippen LogP contribution in [0.2, 0.25) is 19.6 Å². The fourth-order valence-electron chi connectivity index (χ4n) is 8.08. The van der Waals surface area contributed by atoms with Crippen LogP contribution in [-0.4, -0.2) is 22.6 Å². The van der Waals surface area contributed by atoms with Crippen molar-refractivity contribution in [2.24, 2.45) is 5.92 Å². The Morgan fingerprint density at radius 3 is 2.29 bits per heavy atom. The molecule has 6 aromatic carbocycles. The standard InChI is InChI=1S/C36H29N2O.C19H23N2Si.Ir/c1-23-17-19-26-27-13-10-14-28(34(27)39-33(26)21-23)35-37-30-15-8-9-16-32(30)38(35)31-20-18-25(36(2,3)4)22-29(31)24-11-6-5-7-12-24;1-14(2)10-17-11-18(21-13-19(17)22(3,4)5)16-8-6-15(12-20)7-9-16;/h5-13,15-22H,1-4H3;6-8,11,13-14H,10H2,1-5H3;/q2*-1;. The van der Waals surface area contributed by atoms with Gasteiger partial charge >= 0.3 is 0 Å². The van der Waals surface area contributed by atoms with Crippen LogP contribution in [0.3, 0.4) is 0 Å². The van der Waals surface area contributed by atoms with Crippen LogP contribution >= 0.6 is 0 Å². The largest absolute Gasteiger partial charge is 0.501 e. The van der Waals surface area contributed by atoms with Crippen LogP contribution < -0.4 is 5.19 Å². The molecular formula is C55H52IrN4OSi-2. The first-order valence-electron chi connectivity index (χ1n) is 21.1. The molecule has 9 rings (SSSR count). The Balaban J connectivity index is 0.000000215. The molecule has 0 aliphatic carbocycles. The van der Waals surface area contributed by atoms with E-state index in [0.29, 0.717) is 11.5 Å². The molecule has 0 N–H and O–H groups in total. The number of fused-ring (bicyclic) bond motifs is 4. The van der Waals surface area contributed by atoms with Crippen LogP contribution in [0.25, 0.3) is 72.4 Å². The van der Waals surface area contributed by atoms with Crippen LogP contribution in [-0.2, 0) is 31.9 Å². The van der Waals surface area contributed by atoms with E-state index in [2.05, 4.69) is 192 Å². The summed E-state index contributed by atoms with van der Waals surface area (Å²) in [5, 5.41) is 12.5. The second-order valence-corrected chi connectivity index (χ2v) is 23.5. The van der Waals surface area contributed by atoms with Gasteiger partial charge in [-0.15, -0.1) is 48.0 Å². The molecular weight excluding hydrogens is 953 g/mol. The summed E-state index contributed by atoms with van der Waals surface area (Å²) in [7, 11) is -1.40. The monoisotopic (exact) mass is 1010 g/mol. The number of nitriles is 1. The second-order valence-electron chi connectivity index (χ2n) is 18.5. The fourth-order valence-corrected chi connectivity index (χ4v) is 9.67. The molecule has 7 heteroatoms. The number of rotatable bonds is 7. The number of nitrogens with zero attached hydrogens (tertiary/aromatic N) is 4. The van der Waals surface area contributed by atoms with Gasteiger partial charge in [-0.05, 0) is 88.1 Å². The summed E-state index contributed by atoms with van der Waals surface area (Å²) < 4.78 is 8.77. The quantitative estimate of drug-likeness (QED) is 0.118. The van der Waals surface area contributed by atoms with Gasteiger partial charge in [0.05, 0.1) is 30.5 Å². The molecule has 0 unspecified atom stereocenters. The molecule has 0 amide bonds. The molecule has 0 spiro atoms. The van der Waals surface area contributed by atoms with Gasteiger partial charge in [-0.1, -0.05) is 138 Å². The van der Waals surface area contributed by atoms with E-state index in [1.54, 1.807) is 6.07 Å². The van der Waals surface area contributed by atoms with Gasteiger partial charge in [0, 0.05) is 49.0 Å². The van der Waals surface area contributed by atoms with E-state index in [4.69, 9.17) is 14.7 Å². The maximum atomic E-state index is 8.89. The summed E-state index contributed by atoms with van der Waals surface area (Å²) >= 11 is 0. The van der Waals surface area contributed by atoms with Crippen LogP contribution in [0.1, 0.15) is 56.9 Å². The zero-order valence-electron chi connectivity index (χ0n) is 37.0. The molecule has 3 aromatic heterocycles. The van der Waals surface area contributed by atoms with Crippen molar-refractivity contribution in [1.82, 2.24) is 14.5 Å². The first-order chi connectivity index (χ1) is 29.2. The third-order valence-corrected chi connectivity index (χ3v) is 13.3. The van der Waals surface area contributed by atoms with Gasteiger partial charge < -0.3 is 14.0 Å². The number of furan rings is 1. The Morgan fingerprint density at radius 1 is 0.839 bits per heavy atom. The van der Waals surface area contributed by atoms with E-state index in [1.165, 1.54) is 33.0 Å². The number of hydrogen-bond acceptors (Lipinski definition) is 4. The van der Waals surface area contributed by atoms with E-state index in [1.807, 2.05) is 24.3 Å². The topological polar surface area (TPSA) is 67.6 Å². The summed E-state index contributed by atoms with van der Waals surface area (Å²) in [4.78, 5) is 9.83. The van der Waals surface area contributed by atoms with Crippen LogP contribution in [0.5, 0.6) is 0 Å². The second kappa shape index (κ2) is 17.8. The number of benzene rings is 6. The minimum atomic E-state index is -1.40. The molecule has 0 bridgehead atoms. The predicted octanol–water partition coefficient (Wildman–Crippen LogP) is 13.8. The Kier molecular flexibility index (Phi) is 12.7. The van der Waals surface area contributed by atoms with Gasteiger partial charge in [-0.25, -0.2) is 5.26 Å². The maximum Gasteiger partial charge on any atom is 0.121 e. The predicted molar refractivity (Wildman–Crippen MR) is 256 cm³/mol. The van der Waals surface area contributed by atoms with Gasteiger partial charge in [0.25, 0.3) is 0 Å². The molecule has 9 aromatic rings. The van der Waals surface area contributed by atoms with Crippen LogP contribution in [0.4, 0.5) is 0 Å². The SMILES string of the molecule is CC(C)Cc1cc(-c2[c-]cc(C#N)cc2)ncc1[Si](C)(C)C.Cc1ccc2c(c1)oc1c(-c3nc4ccccc4n3-c3ccc(C(C)(C)C)cc3-c3ccccc3)[c-]ccc12.[Ir].